The Hall–Kier alpha value is -1.56. The molecule has 0 N–H and O–H groups in total. The summed E-state index contributed by atoms with van der Waals surface area (Å²) in [5.74, 6) is 0.280. The summed E-state index contributed by atoms with van der Waals surface area (Å²) >= 11 is 0. The third-order valence-electron chi connectivity index (χ3n) is 5.32. The summed E-state index contributed by atoms with van der Waals surface area (Å²) in [6, 6.07) is 5.77. The number of carbonyl (C=O) groups excluding carboxylic acids is 1. The Labute approximate surface area is 146 Å². The molecule has 2 heterocycles. The predicted octanol–water partition coefficient (Wildman–Crippen LogP) is 3.93. The van der Waals surface area contributed by atoms with E-state index in [4.69, 9.17) is 0 Å². The molecule has 1 aromatic carbocycles. The molecule has 3 rings (SSSR count). The molecule has 2 fully saturated rings. The number of nitrogens with zero attached hydrogens (tertiary/aromatic N) is 2. The largest absolute Gasteiger partial charge is 0.416 e. The van der Waals surface area contributed by atoms with Crippen molar-refractivity contribution in [1.29, 1.82) is 0 Å². The Bertz CT molecular complexity index is 589. The van der Waals surface area contributed by atoms with Crippen molar-refractivity contribution >= 4 is 5.91 Å². The summed E-state index contributed by atoms with van der Waals surface area (Å²) in [7, 11) is 0. The lowest BCUT2D eigenvalue weighted by Gasteiger charge is -2.35. The van der Waals surface area contributed by atoms with Crippen LogP contribution >= 0.6 is 0 Å². The van der Waals surface area contributed by atoms with Crippen molar-refractivity contribution in [1.82, 2.24) is 9.80 Å². The minimum atomic E-state index is -4.32. The zero-order chi connectivity index (χ0) is 17.9. The van der Waals surface area contributed by atoms with Crippen molar-refractivity contribution in [3.63, 3.8) is 0 Å². The van der Waals surface area contributed by atoms with E-state index in [0.717, 1.165) is 44.8 Å². The van der Waals surface area contributed by atoms with Gasteiger partial charge >= 0.3 is 6.18 Å². The topological polar surface area (TPSA) is 23.6 Å². The Morgan fingerprint density at radius 3 is 2.28 bits per heavy atom. The number of likely N-dealkylation sites (tertiary alicyclic amines) is 2. The fourth-order valence-corrected chi connectivity index (χ4v) is 3.89. The highest BCUT2D eigenvalue weighted by atomic mass is 19.4. The minimum Gasteiger partial charge on any atom is -0.342 e. The molecule has 0 aromatic heterocycles. The van der Waals surface area contributed by atoms with Crippen molar-refractivity contribution < 1.29 is 18.0 Å². The Morgan fingerprint density at radius 1 is 1.00 bits per heavy atom. The summed E-state index contributed by atoms with van der Waals surface area (Å²) < 4.78 is 39.3. The number of amides is 1. The van der Waals surface area contributed by atoms with Crippen LogP contribution in [0.5, 0.6) is 0 Å². The van der Waals surface area contributed by atoms with Gasteiger partial charge in [0.25, 0.3) is 0 Å². The molecular formula is C19H25F3N2O. The van der Waals surface area contributed by atoms with Gasteiger partial charge < -0.3 is 4.90 Å². The highest BCUT2D eigenvalue weighted by Gasteiger charge is 2.34. The number of benzene rings is 1. The first-order chi connectivity index (χ1) is 11.9. The van der Waals surface area contributed by atoms with E-state index in [-0.39, 0.29) is 11.8 Å². The van der Waals surface area contributed by atoms with Gasteiger partial charge in [0.05, 0.1) is 5.56 Å². The van der Waals surface area contributed by atoms with Gasteiger partial charge in [-0.3, -0.25) is 9.69 Å². The molecular weight excluding hydrogens is 329 g/mol. The van der Waals surface area contributed by atoms with Crippen LogP contribution in [0.1, 0.15) is 43.2 Å². The van der Waals surface area contributed by atoms with Crippen molar-refractivity contribution in [3.8, 4) is 0 Å². The monoisotopic (exact) mass is 354 g/mol. The van der Waals surface area contributed by atoms with Crippen LogP contribution in [0.4, 0.5) is 13.2 Å². The van der Waals surface area contributed by atoms with E-state index in [0.29, 0.717) is 25.2 Å². The smallest absolute Gasteiger partial charge is 0.342 e. The van der Waals surface area contributed by atoms with E-state index in [1.54, 1.807) is 12.1 Å². The molecule has 138 valence electrons. The van der Waals surface area contributed by atoms with Gasteiger partial charge in [-0.25, -0.2) is 0 Å². The van der Waals surface area contributed by atoms with Crippen LogP contribution < -0.4 is 0 Å². The van der Waals surface area contributed by atoms with Gasteiger partial charge in [0.2, 0.25) is 5.91 Å². The van der Waals surface area contributed by atoms with Crippen molar-refractivity contribution in [2.24, 2.45) is 5.92 Å². The summed E-state index contributed by atoms with van der Waals surface area (Å²) in [4.78, 5) is 16.6. The Kier molecular flexibility index (Phi) is 5.67. The van der Waals surface area contributed by atoms with Crippen LogP contribution in [0.25, 0.3) is 0 Å². The second kappa shape index (κ2) is 7.77. The van der Waals surface area contributed by atoms with E-state index in [9.17, 15) is 18.0 Å². The van der Waals surface area contributed by atoms with Crippen molar-refractivity contribution in [3.05, 3.63) is 35.4 Å². The lowest BCUT2D eigenvalue weighted by atomic mass is 9.93. The van der Waals surface area contributed by atoms with E-state index in [1.165, 1.54) is 12.5 Å². The second-order valence-electron chi connectivity index (χ2n) is 7.09. The van der Waals surface area contributed by atoms with Crippen LogP contribution in [0.2, 0.25) is 0 Å². The zero-order valence-electron chi connectivity index (χ0n) is 14.4. The molecule has 3 nitrogen and oxygen atoms in total. The molecule has 2 aliphatic heterocycles. The predicted molar refractivity (Wildman–Crippen MR) is 89.9 cm³/mol. The van der Waals surface area contributed by atoms with Crippen LogP contribution in [-0.4, -0.2) is 41.9 Å². The number of hydrogen-bond acceptors (Lipinski definition) is 2. The summed E-state index contributed by atoms with van der Waals surface area (Å²) in [5.41, 5.74) is -0.239. The lowest BCUT2D eigenvalue weighted by Crippen LogP contribution is -2.44. The maximum Gasteiger partial charge on any atom is 0.416 e. The van der Waals surface area contributed by atoms with Crippen LogP contribution in [0, 0.1) is 5.92 Å². The second-order valence-corrected chi connectivity index (χ2v) is 7.09. The number of halogens is 3. The third-order valence-corrected chi connectivity index (χ3v) is 5.32. The fourth-order valence-electron chi connectivity index (χ4n) is 3.89. The summed E-state index contributed by atoms with van der Waals surface area (Å²) in [6.07, 6.45) is 0.518. The Morgan fingerprint density at radius 2 is 1.64 bits per heavy atom. The van der Waals surface area contributed by atoms with Gasteiger partial charge in [0.15, 0.2) is 0 Å². The summed E-state index contributed by atoms with van der Waals surface area (Å²) in [5, 5.41) is 0. The molecule has 0 radical (unpaired) electrons. The van der Waals surface area contributed by atoms with Crippen molar-refractivity contribution in [2.45, 2.75) is 44.8 Å². The van der Waals surface area contributed by atoms with E-state index in [1.807, 2.05) is 9.80 Å². The van der Waals surface area contributed by atoms with E-state index < -0.39 is 11.7 Å². The molecule has 25 heavy (non-hydrogen) atoms. The molecule has 2 aliphatic rings. The van der Waals surface area contributed by atoms with Gasteiger partial charge in [-0.15, -0.1) is 0 Å². The fraction of sp³-hybridized carbons (Fsp3) is 0.632. The molecule has 1 aromatic rings. The molecule has 0 aliphatic carbocycles. The average Bonchev–Trinajstić information content (AvgIpc) is 2.62. The maximum atomic E-state index is 13.1. The molecule has 1 amide bonds. The number of piperidine rings is 2. The lowest BCUT2D eigenvalue weighted by molar-refractivity contribution is -0.138. The molecule has 0 atom stereocenters. The first kappa shape index (κ1) is 18.2. The van der Waals surface area contributed by atoms with E-state index in [2.05, 4.69) is 0 Å². The van der Waals surface area contributed by atoms with Gasteiger partial charge in [-0.1, -0.05) is 18.2 Å². The standard InChI is InChI=1S/C19H25F3N2O/c20-19(21,22)17-7-3-2-6-16(17)14-23-12-8-15(9-13-23)18(25)24-10-4-1-5-11-24/h2-3,6-7,15H,1,4-5,8-14H2. The zero-order valence-corrected chi connectivity index (χ0v) is 14.4. The van der Waals surface area contributed by atoms with Gasteiger partial charge in [0, 0.05) is 25.6 Å². The Balaban J connectivity index is 1.56. The van der Waals surface area contributed by atoms with Gasteiger partial charge in [-0.2, -0.15) is 13.2 Å². The SMILES string of the molecule is O=C(C1CCN(Cc2ccccc2C(F)(F)F)CC1)N1CCCCC1. The minimum absolute atomic E-state index is 0.0345. The number of hydrogen-bond donors (Lipinski definition) is 0. The molecule has 0 unspecified atom stereocenters. The highest BCUT2D eigenvalue weighted by molar-refractivity contribution is 5.79. The quantitative estimate of drug-likeness (QED) is 0.821. The molecule has 0 bridgehead atoms. The van der Waals surface area contributed by atoms with Crippen LogP contribution in [-0.2, 0) is 17.5 Å². The normalized spacial score (nSPS) is 20.7. The molecule has 0 spiro atoms. The first-order valence-electron chi connectivity index (χ1n) is 9.11. The average molecular weight is 354 g/mol. The van der Waals surface area contributed by atoms with E-state index >= 15 is 0 Å². The first-order valence-corrected chi connectivity index (χ1v) is 9.11. The maximum absolute atomic E-state index is 13.1. The third kappa shape index (κ3) is 4.54. The van der Waals surface area contributed by atoms with Crippen molar-refractivity contribution in [2.75, 3.05) is 26.2 Å². The van der Waals surface area contributed by atoms with Crippen LogP contribution in [0.15, 0.2) is 24.3 Å². The highest BCUT2D eigenvalue weighted by Crippen LogP contribution is 2.33. The number of rotatable bonds is 3. The molecule has 6 heteroatoms. The number of carbonyl (C=O) groups is 1. The molecule has 0 saturated carbocycles. The summed E-state index contributed by atoms with van der Waals surface area (Å²) in [6.45, 7) is 3.36. The van der Waals surface area contributed by atoms with Crippen LogP contribution in [0.3, 0.4) is 0 Å². The van der Waals surface area contributed by atoms with Gasteiger partial charge in [0.1, 0.15) is 0 Å². The van der Waals surface area contributed by atoms with Gasteiger partial charge in [-0.05, 0) is 56.8 Å². The molecule has 2 saturated heterocycles. The number of alkyl halides is 3.